The quantitative estimate of drug-likeness (QED) is 0.184. The van der Waals surface area contributed by atoms with Crippen LogP contribution in [0.2, 0.25) is 0 Å². The number of hydrogen-bond donors (Lipinski definition) is 1. The standard InChI is InChI=1S/C32H29N3O3S/c1-20-10-15-29(21(2)16-20)35-31(37)28(30(36)33-32(35)39)18-25-17-22(3)34(23(25)4)26-11-13-27(14-12-26)38-19-24-8-6-5-7-9-24/h5-18H,19H2,1-4H3,(H,33,36,39)/b28-18+. The molecule has 0 atom stereocenters. The Balaban J connectivity index is 1.42. The smallest absolute Gasteiger partial charge is 0.270 e. The van der Waals surface area contributed by atoms with Crippen LogP contribution in [0.1, 0.15) is 33.6 Å². The molecule has 5 rings (SSSR count). The third kappa shape index (κ3) is 5.26. The number of carbonyl (C=O) groups is 2. The van der Waals surface area contributed by atoms with Gasteiger partial charge in [-0.15, -0.1) is 0 Å². The van der Waals surface area contributed by atoms with Crippen LogP contribution in [0.15, 0.2) is 84.4 Å². The molecule has 2 amide bonds. The van der Waals surface area contributed by atoms with Crippen LogP contribution in [0.5, 0.6) is 5.75 Å². The Hall–Kier alpha value is -4.49. The molecule has 39 heavy (non-hydrogen) atoms. The summed E-state index contributed by atoms with van der Waals surface area (Å²) >= 11 is 5.38. The summed E-state index contributed by atoms with van der Waals surface area (Å²) in [5.41, 5.74) is 7.39. The normalized spacial score (nSPS) is 14.6. The van der Waals surface area contributed by atoms with E-state index in [4.69, 9.17) is 17.0 Å². The number of anilines is 1. The van der Waals surface area contributed by atoms with E-state index >= 15 is 0 Å². The summed E-state index contributed by atoms with van der Waals surface area (Å²) in [5.74, 6) is -0.171. The van der Waals surface area contributed by atoms with Gasteiger partial charge in [-0.2, -0.15) is 0 Å². The second kappa shape index (κ2) is 10.7. The van der Waals surface area contributed by atoms with Crippen LogP contribution in [0.4, 0.5) is 5.69 Å². The number of rotatable bonds is 6. The molecule has 1 aromatic heterocycles. The van der Waals surface area contributed by atoms with Gasteiger partial charge in [0.25, 0.3) is 11.8 Å². The van der Waals surface area contributed by atoms with Crippen molar-refractivity contribution in [1.82, 2.24) is 9.88 Å². The summed E-state index contributed by atoms with van der Waals surface area (Å²) in [4.78, 5) is 27.8. The molecule has 1 fully saturated rings. The molecule has 0 bridgehead atoms. The van der Waals surface area contributed by atoms with E-state index in [0.717, 1.165) is 45.1 Å². The zero-order chi connectivity index (χ0) is 27.7. The number of aryl methyl sites for hydroxylation is 3. The highest BCUT2D eigenvalue weighted by Gasteiger charge is 2.35. The molecule has 7 heteroatoms. The highest BCUT2D eigenvalue weighted by Crippen LogP contribution is 2.28. The van der Waals surface area contributed by atoms with Gasteiger partial charge in [0.2, 0.25) is 0 Å². The minimum Gasteiger partial charge on any atom is -0.489 e. The number of ether oxygens (including phenoxy) is 1. The van der Waals surface area contributed by atoms with Gasteiger partial charge in [0.1, 0.15) is 17.9 Å². The Kier molecular flexibility index (Phi) is 7.17. The first-order valence-corrected chi connectivity index (χ1v) is 13.1. The minimum absolute atomic E-state index is 0.0356. The summed E-state index contributed by atoms with van der Waals surface area (Å²) < 4.78 is 8.02. The van der Waals surface area contributed by atoms with Crippen LogP contribution in [-0.2, 0) is 16.2 Å². The van der Waals surface area contributed by atoms with E-state index in [1.165, 1.54) is 4.90 Å². The van der Waals surface area contributed by atoms with Crippen molar-refractivity contribution in [3.05, 3.63) is 118 Å². The predicted octanol–water partition coefficient (Wildman–Crippen LogP) is 6.12. The first-order chi connectivity index (χ1) is 18.7. The van der Waals surface area contributed by atoms with Crippen LogP contribution < -0.4 is 15.0 Å². The minimum atomic E-state index is -0.504. The third-order valence-electron chi connectivity index (χ3n) is 6.81. The topological polar surface area (TPSA) is 63.6 Å². The van der Waals surface area contributed by atoms with Crippen molar-refractivity contribution in [3.8, 4) is 11.4 Å². The maximum absolute atomic E-state index is 13.6. The third-order valence-corrected chi connectivity index (χ3v) is 7.09. The molecule has 0 saturated carbocycles. The van der Waals surface area contributed by atoms with E-state index in [2.05, 4.69) is 9.88 Å². The maximum atomic E-state index is 13.6. The molecule has 1 saturated heterocycles. The molecule has 6 nitrogen and oxygen atoms in total. The van der Waals surface area contributed by atoms with Crippen molar-refractivity contribution in [1.29, 1.82) is 0 Å². The summed E-state index contributed by atoms with van der Waals surface area (Å²) in [5, 5.41) is 2.76. The second-order valence-electron chi connectivity index (χ2n) is 9.68. The number of thiocarbonyl (C=S) groups is 1. The molecule has 1 N–H and O–H groups in total. The second-order valence-corrected chi connectivity index (χ2v) is 10.1. The van der Waals surface area contributed by atoms with Gasteiger partial charge < -0.3 is 9.30 Å². The predicted molar refractivity (Wildman–Crippen MR) is 158 cm³/mol. The average molecular weight is 536 g/mol. The van der Waals surface area contributed by atoms with E-state index < -0.39 is 11.8 Å². The Bertz CT molecular complexity index is 1620. The Morgan fingerprint density at radius 3 is 2.31 bits per heavy atom. The average Bonchev–Trinajstić information content (AvgIpc) is 3.19. The lowest BCUT2D eigenvalue weighted by Crippen LogP contribution is -2.54. The molecule has 3 aromatic carbocycles. The zero-order valence-electron chi connectivity index (χ0n) is 22.3. The molecule has 0 radical (unpaired) electrons. The van der Waals surface area contributed by atoms with E-state index in [1.807, 2.05) is 107 Å². The molecule has 1 aliphatic rings. The van der Waals surface area contributed by atoms with Gasteiger partial charge in [0.15, 0.2) is 5.11 Å². The maximum Gasteiger partial charge on any atom is 0.270 e. The van der Waals surface area contributed by atoms with Gasteiger partial charge in [0, 0.05) is 17.1 Å². The zero-order valence-corrected chi connectivity index (χ0v) is 23.1. The molecule has 0 spiro atoms. The monoisotopic (exact) mass is 535 g/mol. The number of amides is 2. The largest absolute Gasteiger partial charge is 0.489 e. The number of hydrogen-bond acceptors (Lipinski definition) is 4. The first kappa shape index (κ1) is 26.1. The van der Waals surface area contributed by atoms with Gasteiger partial charge >= 0.3 is 0 Å². The van der Waals surface area contributed by atoms with Crippen molar-refractivity contribution in [2.45, 2.75) is 34.3 Å². The number of nitrogens with one attached hydrogen (secondary N) is 1. The van der Waals surface area contributed by atoms with Gasteiger partial charge in [-0.1, -0.05) is 48.0 Å². The molecule has 0 unspecified atom stereocenters. The summed E-state index contributed by atoms with van der Waals surface area (Å²) in [6.45, 7) is 8.37. The van der Waals surface area contributed by atoms with Crippen molar-refractivity contribution in [2.24, 2.45) is 0 Å². The molecular formula is C32H29N3O3S. The van der Waals surface area contributed by atoms with E-state index in [0.29, 0.717) is 12.3 Å². The Morgan fingerprint density at radius 2 is 1.62 bits per heavy atom. The van der Waals surface area contributed by atoms with Crippen LogP contribution >= 0.6 is 12.2 Å². The fraction of sp³-hybridized carbons (Fsp3) is 0.156. The lowest BCUT2D eigenvalue weighted by Gasteiger charge is -2.30. The number of benzene rings is 3. The molecule has 4 aromatic rings. The molecule has 196 valence electrons. The van der Waals surface area contributed by atoms with Crippen LogP contribution in [0.25, 0.3) is 11.8 Å². The van der Waals surface area contributed by atoms with E-state index in [-0.39, 0.29) is 10.7 Å². The summed E-state index contributed by atoms with van der Waals surface area (Å²) in [7, 11) is 0. The lowest BCUT2D eigenvalue weighted by atomic mass is 10.0. The van der Waals surface area contributed by atoms with E-state index in [9.17, 15) is 9.59 Å². The number of nitrogens with zero attached hydrogens (tertiary/aromatic N) is 2. The molecule has 2 heterocycles. The van der Waals surface area contributed by atoms with Gasteiger partial charge in [-0.25, -0.2) is 0 Å². The van der Waals surface area contributed by atoms with Crippen LogP contribution in [0, 0.1) is 27.7 Å². The molecule has 0 aliphatic carbocycles. The first-order valence-electron chi connectivity index (χ1n) is 12.7. The van der Waals surface area contributed by atoms with E-state index in [1.54, 1.807) is 6.08 Å². The fourth-order valence-corrected chi connectivity index (χ4v) is 5.13. The van der Waals surface area contributed by atoms with Crippen molar-refractivity contribution in [3.63, 3.8) is 0 Å². The van der Waals surface area contributed by atoms with Crippen molar-refractivity contribution in [2.75, 3.05) is 4.90 Å². The summed E-state index contributed by atoms with van der Waals surface area (Å²) in [6.07, 6.45) is 1.64. The molecular weight excluding hydrogens is 506 g/mol. The van der Waals surface area contributed by atoms with Gasteiger partial charge in [-0.05, 0) is 99.1 Å². The lowest BCUT2D eigenvalue weighted by molar-refractivity contribution is -0.122. The SMILES string of the molecule is Cc1ccc(N2C(=O)/C(=C/c3cc(C)n(-c4ccc(OCc5ccccc5)cc4)c3C)C(=O)NC2=S)c(C)c1. The molecule has 1 aliphatic heterocycles. The summed E-state index contributed by atoms with van der Waals surface area (Å²) in [6, 6.07) is 25.6. The highest BCUT2D eigenvalue weighted by molar-refractivity contribution is 7.80. The number of aromatic nitrogens is 1. The van der Waals surface area contributed by atoms with Gasteiger partial charge in [0.05, 0.1) is 5.69 Å². The Labute approximate surface area is 233 Å². The Morgan fingerprint density at radius 1 is 0.897 bits per heavy atom. The van der Waals surface area contributed by atoms with Crippen LogP contribution in [-0.4, -0.2) is 21.5 Å². The van der Waals surface area contributed by atoms with Crippen LogP contribution in [0.3, 0.4) is 0 Å². The van der Waals surface area contributed by atoms with Crippen molar-refractivity contribution >= 4 is 40.9 Å². The number of carbonyl (C=O) groups excluding carboxylic acids is 2. The highest BCUT2D eigenvalue weighted by atomic mass is 32.1. The van der Waals surface area contributed by atoms with Crippen molar-refractivity contribution < 1.29 is 14.3 Å². The van der Waals surface area contributed by atoms with Gasteiger partial charge in [-0.3, -0.25) is 19.8 Å². The fourth-order valence-electron chi connectivity index (χ4n) is 4.85.